The molecule has 3 nitrogen and oxygen atoms in total. The zero-order chi connectivity index (χ0) is 13.2. The number of ether oxygens (including phenoxy) is 1. The zero-order valence-electron chi connectivity index (χ0n) is 10.7. The Morgan fingerprint density at radius 1 is 1.44 bits per heavy atom. The Morgan fingerprint density at radius 2 is 2.28 bits per heavy atom. The van der Waals surface area contributed by atoms with Crippen molar-refractivity contribution in [2.45, 2.75) is 26.2 Å². The van der Waals surface area contributed by atoms with Gasteiger partial charge in [0.2, 0.25) is 5.91 Å². The Bertz CT molecular complexity index is 421. The number of carbonyl (C=O) groups excluding carboxylic acids is 1. The van der Waals surface area contributed by atoms with Crippen molar-refractivity contribution in [1.82, 2.24) is 5.32 Å². The number of aryl methyl sites for hydroxylation is 1. The summed E-state index contributed by atoms with van der Waals surface area (Å²) < 4.78 is 5.59. The summed E-state index contributed by atoms with van der Waals surface area (Å²) in [5, 5.41) is 2.63. The molecule has 1 aromatic carbocycles. The molecule has 0 saturated carbocycles. The third-order valence-electron chi connectivity index (χ3n) is 2.44. The number of hydrogen-bond acceptors (Lipinski definition) is 2. The predicted octanol–water partition coefficient (Wildman–Crippen LogP) is 2.29. The summed E-state index contributed by atoms with van der Waals surface area (Å²) in [6.45, 7) is 2.97. The van der Waals surface area contributed by atoms with Gasteiger partial charge < -0.3 is 10.1 Å². The molecule has 0 aliphatic carbocycles. The summed E-state index contributed by atoms with van der Waals surface area (Å²) in [6, 6.07) is 7.94. The summed E-state index contributed by atoms with van der Waals surface area (Å²) in [5.74, 6) is 3.25. The number of nitrogens with one attached hydrogen (secondary N) is 1. The van der Waals surface area contributed by atoms with E-state index in [-0.39, 0.29) is 5.91 Å². The van der Waals surface area contributed by atoms with Crippen molar-refractivity contribution in [1.29, 1.82) is 0 Å². The molecule has 0 bridgehead atoms. The van der Waals surface area contributed by atoms with Crippen molar-refractivity contribution in [2.24, 2.45) is 0 Å². The Balaban J connectivity index is 2.09. The molecule has 3 heteroatoms. The molecule has 0 radical (unpaired) electrons. The van der Waals surface area contributed by atoms with E-state index in [0.29, 0.717) is 19.6 Å². The Hall–Kier alpha value is -1.95. The summed E-state index contributed by atoms with van der Waals surface area (Å²) in [7, 11) is 0. The monoisotopic (exact) mass is 245 g/mol. The molecule has 0 aliphatic heterocycles. The number of benzene rings is 1. The molecule has 0 atom stereocenters. The smallest absolute Gasteiger partial charge is 0.220 e. The van der Waals surface area contributed by atoms with Crippen LogP contribution in [0.4, 0.5) is 0 Å². The van der Waals surface area contributed by atoms with Crippen LogP contribution in [0.25, 0.3) is 0 Å². The molecule has 1 rings (SSSR count). The van der Waals surface area contributed by atoms with Gasteiger partial charge in [-0.15, -0.1) is 6.42 Å². The minimum atomic E-state index is 0.00325. The van der Waals surface area contributed by atoms with Gasteiger partial charge >= 0.3 is 0 Å². The molecule has 0 saturated heterocycles. The topological polar surface area (TPSA) is 38.3 Å². The van der Waals surface area contributed by atoms with Crippen LogP contribution in [-0.4, -0.2) is 19.1 Å². The molecule has 96 valence electrons. The second kappa shape index (κ2) is 8.19. The molecule has 0 fully saturated rings. The van der Waals surface area contributed by atoms with E-state index >= 15 is 0 Å². The van der Waals surface area contributed by atoms with Crippen LogP contribution in [-0.2, 0) is 4.79 Å². The first-order valence-corrected chi connectivity index (χ1v) is 6.12. The zero-order valence-corrected chi connectivity index (χ0v) is 10.7. The van der Waals surface area contributed by atoms with Crippen molar-refractivity contribution in [3.63, 3.8) is 0 Å². The van der Waals surface area contributed by atoms with Gasteiger partial charge in [0.25, 0.3) is 0 Å². The van der Waals surface area contributed by atoms with Gasteiger partial charge in [-0.05, 0) is 37.5 Å². The van der Waals surface area contributed by atoms with Crippen molar-refractivity contribution in [3.05, 3.63) is 29.8 Å². The molecule has 0 heterocycles. The average molecular weight is 245 g/mol. The minimum Gasteiger partial charge on any atom is -0.494 e. The SMILES string of the molecule is C#CCNC(=O)CCCCOc1cccc(C)c1. The van der Waals surface area contributed by atoms with Gasteiger partial charge in [0.1, 0.15) is 5.75 Å². The minimum absolute atomic E-state index is 0.00325. The molecule has 1 amide bonds. The van der Waals surface area contributed by atoms with Gasteiger partial charge in [-0.25, -0.2) is 0 Å². The highest BCUT2D eigenvalue weighted by Crippen LogP contribution is 2.12. The normalized spacial score (nSPS) is 9.56. The molecular weight excluding hydrogens is 226 g/mol. The molecule has 0 spiro atoms. The third kappa shape index (κ3) is 5.95. The van der Waals surface area contributed by atoms with E-state index in [0.717, 1.165) is 18.6 Å². The largest absolute Gasteiger partial charge is 0.494 e. The Morgan fingerprint density at radius 3 is 3.00 bits per heavy atom. The molecule has 0 aliphatic rings. The van der Waals surface area contributed by atoms with Crippen LogP contribution in [0.5, 0.6) is 5.75 Å². The van der Waals surface area contributed by atoms with Crippen LogP contribution < -0.4 is 10.1 Å². The third-order valence-corrected chi connectivity index (χ3v) is 2.44. The maximum Gasteiger partial charge on any atom is 0.220 e. The van der Waals surface area contributed by atoms with Crippen LogP contribution in [0, 0.1) is 19.3 Å². The van der Waals surface area contributed by atoms with Gasteiger partial charge in [-0.1, -0.05) is 18.1 Å². The number of carbonyl (C=O) groups is 1. The molecule has 0 unspecified atom stereocenters. The number of rotatable bonds is 7. The van der Waals surface area contributed by atoms with Crippen molar-refractivity contribution >= 4 is 5.91 Å². The number of hydrogen-bond donors (Lipinski definition) is 1. The lowest BCUT2D eigenvalue weighted by atomic mass is 10.2. The standard InChI is InChI=1S/C15H19NO2/c1-3-10-16-15(17)9-4-5-11-18-14-8-6-7-13(2)12-14/h1,6-8,12H,4-5,9-11H2,2H3,(H,16,17). The van der Waals surface area contributed by atoms with Gasteiger partial charge in [0.15, 0.2) is 0 Å². The van der Waals surface area contributed by atoms with E-state index in [4.69, 9.17) is 11.2 Å². The van der Waals surface area contributed by atoms with E-state index < -0.39 is 0 Å². The van der Waals surface area contributed by atoms with Crippen molar-refractivity contribution in [3.8, 4) is 18.1 Å². The predicted molar refractivity (Wildman–Crippen MR) is 72.4 cm³/mol. The molecule has 0 aromatic heterocycles. The molecule has 18 heavy (non-hydrogen) atoms. The fraction of sp³-hybridized carbons (Fsp3) is 0.400. The van der Waals surface area contributed by atoms with Gasteiger partial charge in [-0.3, -0.25) is 4.79 Å². The average Bonchev–Trinajstić information content (AvgIpc) is 2.36. The fourth-order valence-corrected chi connectivity index (χ4v) is 1.52. The Labute approximate surface area is 109 Å². The second-order valence-corrected chi connectivity index (χ2v) is 4.10. The highest BCUT2D eigenvalue weighted by molar-refractivity contribution is 5.76. The van der Waals surface area contributed by atoms with Crippen LogP contribution in [0.3, 0.4) is 0 Å². The van der Waals surface area contributed by atoms with Crippen molar-refractivity contribution < 1.29 is 9.53 Å². The van der Waals surface area contributed by atoms with Gasteiger partial charge in [0.05, 0.1) is 13.2 Å². The number of amides is 1. The quantitative estimate of drug-likeness (QED) is 0.591. The number of unbranched alkanes of at least 4 members (excludes halogenated alkanes) is 1. The second-order valence-electron chi connectivity index (χ2n) is 4.10. The first-order valence-electron chi connectivity index (χ1n) is 6.12. The summed E-state index contributed by atoms with van der Waals surface area (Å²) in [5.41, 5.74) is 1.18. The summed E-state index contributed by atoms with van der Waals surface area (Å²) >= 11 is 0. The van der Waals surface area contributed by atoms with Crippen molar-refractivity contribution in [2.75, 3.05) is 13.2 Å². The number of terminal acetylenes is 1. The Kier molecular flexibility index (Phi) is 6.42. The first kappa shape index (κ1) is 14.1. The molecular formula is C15H19NO2. The van der Waals surface area contributed by atoms with E-state index in [1.54, 1.807) is 0 Å². The first-order chi connectivity index (χ1) is 8.72. The fourth-order valence-electron chi connectivity index (χ4n) is 1.52. The maximum absolute atomic E-state index is 11.2. The van der Waals surface area contributed by atoms with Crippen LogP contribution >= 0.6 is 0 Å². The lowest BCUT2D eigenvalue weighted by Crippen LogP contribution is -2.23. The van der Waals surface area contributed by atoms with E-state index in [1.807, 2.05) is 31.2 Å². The summed E-state index contributed by atoms with van der Waals surface area (Å²) in [6.07, 6.45) is 7.21. The molecule has 1 aromatic rings. The van der Waals surface area contributed by atoms with Crippen LogP contribution in [0.1, 0.15) is 24.8 Å². The lowest BCUT2D eigenvalue weighted by molar-refractivity contribution is -0.120. The van der Waals surface area contributed by atoms with E-state index in [1.165, 1.54) is 5.56 Å². The van der Waals surface area contributed by atoms with Gasteiger partial charge in [-0.2, -0.15) is 0 Å². The van der Waals surface area contributed by atoms with E-state index in [2.05, 4.69) is 11.2 Å². The van der Waals surface area contributed by atoms with Gasteiger partial charge in [0, 0.05) is 6.42 Å². The highest BCUT2D eigenvalue weighted by Gasteiger charge is 1.99. The summed E-state index contributed by atoms with van der Waals surface area (Å²) in [4.78, 5) is 11.2. The maximum atomic E-state index is 11.2. The van der Waals surface area contributed by atoms with Crippen LogP contribution in [0.2, 0.25) is 0 Å². The highest BCUT2D eigenvalue weighted by atomic mass is 16.5. The lowest BCUT2D eigenvalue weighted by Gasteiger charge is -2.06. The van der Waals surface area contributed by atoms with Crippen LogP contribution in [0.15, 0.2) is 24.3 Å². The van der Waals surface area contributed by atoms with E-state index in [9.17, 15) is 4.79 Å². The molecule has 1 N–H and O–H groups in total.